The molecule has 2 aliphatic heterocycles. The normalized spacial score (nSPS) is 18.1. The average Bonchev–Trinajstić information content (AvgIpc) is 3.31. The summed E-state index contributed by atoms with van der Waals surface area (Å²) in [4.78, 5) is 27.6. The molecule has 3 heterocycles. The van der Waals surface area contributed by atoms with Crippen LogP contribution in [-0.2, 0) is 14.8 Å². The first-order valence-electron chi connectivity index (χ1n) is 11.4. The summed E-state index contributed by atoms with van der Waals surface area (Å²) in [6.45, 7) is 3.92. The highest BCUT2D eigenvalue weighted by molar-refractivity contribution is 7.92. The van der Waals surface area contributed by atoms with Gasteiger partial charge in [-0.1, -0.05) is 34.5 Å². The van der Waals surface area contributed by atoms with Crippen molar-refractivity contribution in [3.63, 3.8) is 0 Å². The van der Waals surface area contributed by atoms with Crippen LogP contribution in [0.5, 0.6) is 5.75 Å². The average molecular weight is 578 g/mol. The van der Waals surface area contributed by atoms with Gasteiger partial charge in [-0.05, 0) is 37.8 Å². The Labute approximate surface area is 223 Å². The largest absolute Gasteiger partial charge is 0.490 e. The zero-order valence-corrected chi connectivity index (χ0v) is 22.6. The van der Waals surface area contributed by atoms with E-state index in [4.69, 9.17) is 27.9 Å². The molecule has 36 heavy (non-hydrogen) atoms. The molecule has 0 radical (unpaired) electrons. The standard InChI is InChI=1S/C21H26Cl2N6O5S2/c1-13(30)24-19-25-26-21(35-19)36(32,33)27-20(31)29-8-4-14(5-9-29)28-10-6-15(7-11-28)34-16-2-3-17(22)18(23)12-16/h2-3,12,14-15H,4-11H2,1H3,(H,27,31)(H,24,25,30). The lowest BCUT2D eigenvalue weighted by molar-refractivity contribution is -0.114. The number of hydrogen-bond acceptors (Lipinski definition) is 9. The maximum absolute atomic E-state index is 12.6. The van der Waals surface area contributed by atoms with Crippen molar-refractivity contribution in [3.8, 4) is 5.75 Å². The number of carbonyl (C=O) groups excluding carboxylic acids is 2. The van der Waals surface area contributed by atoms with E-state index >= 15 is 0 Å². The van der Waals surface area contributed by atoms with E-state index in [1.54, 1.807) is 12.1 Å². The molecule has 1 aromatic carbocycles. The number of hydrogen-bond donors (Lipinski definition) is 2. The fourth-order valence-corrected chi connectivity index (χ4v) is 6.48. The highest BCUT2D eigenvalue weighted by Gasteiger charge is 2.32. The zero-order valence-electron chi connectivity index (χ0n) is 19.4. The van der Waals surface area contributed by atoms with Gasteiger partial charge in [-0.25, -0.2) is 9.52 Å². The van der Waals surface area contributed by atoms with Crippen molar-refractivity contribution in [3.05, 3.63) is 28.2 Å². The minimum atomic E-state index is -4.18. The van der Waals surface area contributed by atoms with E-state index in [0.29, 0.717) is 46.3 Å². The van der Waals surface area contributed by atoms with Gasteiger partial charge < -0.3 is 15.0 Å². The van der Waals surface area contributed by atoms with Crippen LogP contribution in [0.15, 0.2) is 22.5 Å². The Bertz CT molecular complexity index is 1210. The smallest absolute Gasteiger partial charge is 0.331 e. The molecule has 0 bridgehead atoms. The Morgan fingerprint density at radius 2 is 1.75 bits per heavy atom. The van der Waals surface area contributed by atoms with Gasteiger partial charge in [0.25, 0.3) is 14.4 Å². The van der Waals surface area contributed by atoms with Crippen molar-refractivity contribution < 1.29 is 22.7 Å². The Balaban J connectivity index is 1.22. The van der Waals surface area contributed by atoms with Crippen molar-refractivity contribution in [2.75, 3.05) is 31.5 Å². The van der Waals surface area contributed by atoms with E-state index in [1.807, 2.05) is 10.8 Å². The number of likely N-dealkylation sites (tertiary alicyclic amines) is 2. The van der Waals surface area contributed by atoms with E-state index in [-0.39, 0.29) is 15.6 Å². The van der Waals surface area contributed by atoms with Crippen LogP contribution in [-0.4, -0.2) is 78.7 Å². The fraction of sp³-hybridized carbons (Fsp3) is 0.524. The number of piperidine rings is 2. The summed E-state index contributed by atoms with van der Waals surface area (Å²) in [7, 11) is -4.18. The third-order valence-electron chi connectivity index (χ3n) is 6.08. The second-order valence-corrected chi connectivity index (χ2v) is 12.3. The maximum atomic E-state index is 12.6. The minimum absolute atomic E-state index is 0.0438. The second kappa shape index (κ2) is 11.5. The lowest BCUT2D eigenvalue weighted by Crippen LogP contribution is -2.52. The summed E-state index contributed by atoms with van der Waals surface area (Å²) in [6.07, 6.45) is 3.35. The Morgan fingerprint density at radius 1 is 1.06 bits per heavy atom. The first-order valence-corrected chi connectivity index (χ1v) is 14.4. The van der Waals surface area contributed by atoms with E-state index in [1.165, 1.54) is 11.8 Å². The first-order chi connectivity index (χ1) is 17.1. The summed E-state index contributed by atoms with van der Waals surface area (Å²) in [5.41, 5.74) is 0. The molecule has 15 heteroatoms. The predicted molar refractivity (Wildman–Crippen MR) is 136 cm³/mol. The number of sulfonamides is 1. The van der Waals surface area contributed by atoms with Crippen LogP contribution >= 0.6 is 34.5 Å². The van der Waals surface area contributed by atoms with Gasteiger partial charge in [-0.15, -0.1) is 10.2 Å². The molecule has 0 saturated carbocycles. The molecule has 196 valence electrons. The van der Waals surface area contributed by atoms with Crippen LogP contribution in [0.1, 0.15) is 32.6 Å². The highest BCUT2D eigenvalue weighted by atomic mass is 35.5. The quantitative estimate of drug-likeness (QED) is 0.500. The molecule has 0 aliphatic carbocycles. The summed E-state index contributed by atoms with van der Waals surface area (Å²) < 4.78 is 32.7. The number of nitrogens with one attached hydrogen (secondary N) is 2. The first kappa shape index (κ1) is 26.9. The minimum Gasteiger partial charge on any atom is -0.490 e. The van der Waals surface area contributed by atoms with Crippen molar-refractivity contribution >= 4 is 61.6 Å². The second-order valence-electron chi connectivity index (χ2n) is 8.61. The number of carbonyl (C=O) groups is 2. The maximum Gasteiger partial charge on any atom is 0.331 e. The molecule has 3 amide bonds. The number of anilines is 1. The predicted octanol–water partition coefficient (Wildman–Crippen LogP) is 3.21. The lowest BCUT2D eigenvalue weighted by Gasteiger charge is -2.41. The Kier molecular flexibility index (Phi) is 8.56. The van der Waals surface area contributed by atoms with Crippen molar-refractivity contribution in [2.24, 2.45) is 0 Å². The molecule has 2 saturated heterocycles. The van der Waals surface area contributed by atoms with E-state index in [0.717, 1.165) is 38.8 Å². The fourth-order valence-electron chi connectivity index (χ4n) is 4.28. The number of aromatic nitrogens is 2. The van der Waals surface area contributed by atoms with Gasteiger partial charge in [0.1, 0.15) is 11.9 Å². The molecule has 2 fully saturated rings. The molecule has 11 nitrogen and oxygen atoms in total. The SMILES string of the molecule is CC(=O)Nc1nnc(S(=O)(=O)NC(=O)N2CCC(N3CCC(Oc4ccc(Cl)c(Cl)c4)CC3)CC2)s1. The molecular weight excluding hydrogens is 551 g/mol. The van der Waals surface area contributed by atoms with Gasteiger partial charge in [0.2, 0.25) is 11.0 Å². The number of halogens is 2. The van der Waals surface area contributed by atoms with Gasteiger partial charge in [0.15, 0.2) is 0 Å². The third kappa shape index (κ3) is 6.76. The summed E-state index contributed by atoms with van der Waals surface area (Å²) >= 11 is 12.7. The Hall–Kier alpha value is -2.19. The van der Waals surface area contributed by atoms with E-state index in [2.05, 4.69) is 20.4 Å². The molecular formula is C21H26Cl2N6O5S2. The lowest BCUT2D eigenvalue weighted by atomic mass is 9.99. The van der Waals surface area contributed by atoms with Crippen LogP contribution < -0.4 is 14.8 Å². The molecule has 2 aromatic rings. The monoisotopic (exact) mass is 576 g/mol. The molecule has 2 aliphatic rings. The number of nitrogens with zero attached hydrogens (tertiary/aromatic N) is 4. The molecule has 0 unspecified atom stereocenters. The number of rotatable bonds is 6. The van der Waals surface area contributed by atoms with Gasteiger partial charge in [0.05, 0.1) is 10.0 Å². The van der Waals surface area contributed by atoms with Crippen molar-refractivity contribution in [1.29, 1.82) is 0 Å². The highest BCUT2D eigenvalue weighted by Crippen LogP contribution is 2.29. The number of amides is 3. The molecule has 0 spiro atoms. The number of benzene rings is 1. The molecule has 1 aromatic heterocycles. The van der Waals surface area contributed by atoms with E-state index < -0.39 is 22.0 Å². The van der Waals surface area contributed by atoms with Gasteiger partial charge in [0, 0.05) is 45.2 Å². The Morgan fingerprint density at radius 3 is 2.39 bits per heavy atom. The third-order valence-corrected chi connectivity index (χ3v) is 9.34. The van der Waals surface area contributed by atoms with Crippen LogP contribution in [0, 0.1) is 0 Å². The van der Waals surface area contributed by atoms with Crippen molar-refractivity contribution in [2.45, 2.75) is 49.1 Å². The van der Waals surface area contributed by atoms with Crippen LogP contribution in [0.25, 0.3) is 0 Å². The molecule has 2 N–H and O–H groups in total. The summed E-state index contributed by atoms with van der Waals surface area (Å²) in [5, 5.41) is 10.5. The van der Waals surface area contributed by atoms with E-state index in [9.17, 15) is 18.0 Å². The van der Waals surface area contributed by atoms with Gasteiger partial charge in [-0.2, -0.15) is 8.42 Å². The van der Waals surface area contributed by atoms with Crippen LogP contribution in [0.2, 0.25) is 10.0 Å². The van der Waals surface area contributed by atoms with Gasteiger partial charge >= 0.3 is 6.03 Å². The summed E-state index contributed by atoms with van der Waals surface area (Å²) in [5.74, 6) is 0.308. The summed E-state index contributed by atoms with van der Waals surface area (Å²) in [6, 6.07) is 4.89. The number of urea groups is 1. The molecule has 4 rings (SSSR count). The molecule has 0 atom stereocenters. The van der Waals surface area contributed by atoms with Gasteiger partial charge in [-0.3, -0.25) is 9.69 Å². The number of ether oxygens (including phenoxy) is 1. The zero-order chi connectivity index (χ0) is 25.9. The topological polar surface area (TPSA) is 134 Å². The van der Waals surface area contributed by atoms with Crippen LogP contribution in [0.4, 0.5) is 9.93 Å². The van der Waals surface area contributed by atoms with Crippen molar-refractivity contribution in [1.82, 2.24) is 24.7 Å². The van der Waals surface area contributed by atoms with Crippen LogP contribution in [0.3, 0.4) is 0 Å².